The van der Waals surface area contributed by atoms with Gasteiger partial charge in [0.15, 0.2) is 0 Å². The molecule has 4 nitrogen and oxygen atoms in total. The molecule has 0 spiro atoms. The van der Waals surface area contributed by atoms with Crippen LogP contribution in [0.4, 0.5) is 0 Å². The zero-order valence-electron chi connectivity index (χ0n) is 8.51. The Morgan fingerprint density at radius 3 is 2.69 bits per heavy atom. The predicted molar refractivity (Wildman–Crippen MR) is 68.0 cm³/mol. The van der Waals surface area contributed by atoms with Crippen molar-refractivity contribution in [3.8, 4) is 5.69 Å². The molecule has 1 N–H and O–H groups in total. The van der Waals surface area contributed by atoms with E-state index < -0.39 is 5.97 Å². The maximum atomic E-state index is 10.9. The average Bonchev–Trinajstić information content (AvgIpc) is 2.61. The minimum atomic E-state index is -0.954. The first kappa shape index (κ1) is 11.1. The lowest BCUT2D eigenvalue weighted by molar-refractivity contribution is 0.0695. The number of carbonyl (C=O) groups is 1. The smallest absolute Gasteiger partial charge is 0.340 e. The summed E-state index contributed by atoms with van der Waals surface area (Å²) in [6, 6.07) is 7.72. The Morgan fingerprint density at radius 2 is 2.12 bits per heavy atom. The Balaban J connectivity index is 2.58. The monoisotopic (exact) mass is 328 g/mol. The zero-order chi connectivity index (χ0) is 11.7. The molecule has 0 saturated carbocycles. The van der Waals surface area contributed by atoms with Gasteiger partial charge in [-0.15, -0.1) is 0 Å². The Labute approximate surface area is 106 Å². The lowest BCUT2D eigenvalue weighted by atomic mass is 10.2. The summed E-state index contributed by atoms with van der Waals surface area (Å²) in [5.74, 6) is -0.954. The second-order valence-electron chi connectivity index (χ2n) is 3.35. The van der Waals surface area contributed by atoms with Gasteiger partial charge in [0.2, 0.25) is 0 Å². The molecule has 1 aromatic carbocycles. The fourth-order valence-corrected chi connectivity index (χ4v) is 2.20. The number of rotatable bonds is 2. The molecule has 1 heterocycles. The Kier molecular flexibility index (Phi) is 2.95. The van der Waals surface area contributed by atoms with Gasteiger partial charge in [-0.3, -0.25) is 0 Å². The molecule has 5 heteroatoms. The number of hydrogen-bond acceptors (Lipinski definition) is 2. The van der Waals surface area contributed by atoms with Crippen molar-refractivity contribution in [3.05, 3.63) is 45.3 Å². The molecular formula is C11H9IN2O2. The Bertz CT molecular complexity index is 549. The lowest BCUT2D eigenvalue weighted by Gasteiger charge is -2.06. The summed E-state index contributed by atoms with van der Waals surface area (Å²) < 4.78 is 2.25. The number of para-hydroxylation sites is 1. The summed E-state index contributed by atoms with van der Waals surface area (Å²) in [5.41, 5.74) is 2.18. The summed E-state index contributed by atoms with van der Waals surface area (Å²) in [5, 5.41) is 13.0. The molecule has 0 atom stereocenters. The highest BCUT2D eigenvalue weighted by atomic mass is 127. The van der Waals surface area contributed by atoms with Gasteiger partial charge in [0, 0.05) is 0 Å². The van der Waals surface area contributed by atoms with Crippen molar-refractivity contribution in [1.29, 1.82) is 0 Å². The van der Waals surface area contributed by atoms with Crippen LogP contribution in [0.2, 0.25) is 0 Å². The molecule has 0 unspecified atom stereocenters. The van der Waals surface area contributed by atoms with Crippen LogP contribution in [0.3, 0.4) is 0 Å². The number of hydrogen-bond donors (Lipinski definition) is 1. The van der Waals surface area contributed by atoms with E-state index in [4.69, 9.17) is 5.11 Å². The third-order valence-electron chi connectivity index (χ3n) is 2.28. The molecule has 1 aromatic heterocycles. The number of aromatic carboxylic acids is 1. The number of carboxylic acids is 1. The van der Waals surface area contributed by atoms with Gasteiger partial charge in [-0.2, -0.15) is 5.10 Å². The predicted octanol–water partition coefficient (Wildman–Crippen LogP) is 2.48. The van der Waals surface area contributed by atoms with Gasteiger partial charge >= 0.3 is 5.97 Å². The standard InChI is InChI=1S/C11H9IN2O2/c1-7-4-2-3-5-9(7)14-10(12)8(6-13-14)11(15)16/h2-6H,1H3,(H,15,16). The summed E-state index contributed by atoms with van der Waals surface area (Å²) >= 11 is 1.99. The van der Waals surface area contributed by atoms with E-state index in [1.54, 1.807) is 4.68 Å². The average molecular weight is 328 g/mol. The van der Waals surface area contributed by atoms with E-state index in [1.807, 2.05) is 53.8 Å². The van der Waals surface area contributed by atoms with Crippen LogP contribution >= 0.6 is 22.6 Å². The molecule has 16 heavy (non-hydrogen) atoms. The third kappa shape index (κ3) is 1.82. The number of aromatic nitrogens is 2. The minimum absolute atomic E-state index is 0.226. The van der Waals surface area contributed by atoms with Crippen molar-refractivity contribution in [3.63, 3.8) is 0 Å². The summed E-state index contributed by atoms with van der Waals surface area (Å²) in [6.45, 7) is 1.97. The molecule has 82 valence electrons. The number of halogens is 1. The van der Waals surface area contributed by atoms with Gasteiger partial charge in [-0.05, 0) is 41.1 Å². The highest BCUT2D eigenvalue weighted by Gasteiger charge is 2.15. The maximum Gasteiger partial charge on any atom is 0.340 e. The minimum Gasteiger partial charge on any atom is -0.478 e. The van der Waals surface area contributed by atoms with Crippen molar-refractivity contribution in [2.75, 3.05) is 0 Å². The molecule has 0 aliphatic carbocycles. The van der Waals surface area contributed by atoms with Crippen molar-refractivity contribution >= 4 is 28.6 Å². The lowest BCUT2D eigenvalue weighted by Crippen LogP contribution is -2.03. The quantitative estimate of drug-likeness (QED) is 0.862. The van der Waals surface area contributed by atoms with Gasteiger partial charge in [0.25, 0.3) is 0 Å². The van der Waals surface area contributed by atoms with Crippen LogP contribution in [-0.4, -0.2) is 20.9 Å². The summed E-state index contributed by atoms with van der Waals surface area (Å²) in [6.07, 6.45) is 1.37. The largest absolute Gasteiger partial charge is 0.478 e. The summed E-state index contributed by atoms with van der Waals surface area (Å²) in [4.78, 5) is 10.9. The second kappa shape index (κ2) is 4.25. The Hall–Kier alpha value is -1.37. The normalized spacial score (nSPS) is 10.4. The van der Waals surface area contributed by atoms with Crippen LogP contribution < -0.4 is 0 Å². The van der Waals surface area contributed by atoms with E-state index in [2.05, 4.69) is 5.10 Å². The number of aryl methyl sites for hydroxylation is 1. The van der Waals surface area contributed by atoms with Crippen LogP contribution in [0.15, 0.2) is 30.5 Å². The van der Waals surface area contributed by atoms with Crippen molar-refractivity contribution in [2.45, 2.75) is 6.92 Å². The van der Waals surface area contributed by atoms with Gasteiger partial charge < -0.3 is 5.11 Å². The van der Waals surface area contributed by atoms with Gasteiger partial charge in [0.05, 0.1) is 11.9 Å². The van der Waals surface area contributed by atoms with E-state index in [-0.39, 0.29) is 5.56 Å². The first-order valence-corrected chi connectivity index (χ1v) is 5.72. The van der Waals surface area contributed by atoms with Crippen LogP contribution in [0.1, 0.15) is 15.9 Å². The molecule has 0 aliphatic rings. The number of benzene rings is 1. The maximum absolute atomic E-state index is 10.9. The van der Waals surface area contributed by atoms with E-state index in [0.717, 1.165) is 11.3 Å². The van der Waals surface area contributed by atoms with E-state index in [1.165, 1.54) is 6.20 Å². The van der Waals surface area contributed by atoms with Gasteiger partial charge in [-0.25, -0.2) is 9.48 Å². The van der Waals surface area contributed by atoms with Crippen molar-refractivity contribution < 1.29 is 9.90 Å². The second-order valence-corrected chi connectivity index (χ2v) is 4.37. The molecule has 0 saturated heterocycles. The molecule has 0 bridgehead atoms. The molecule has 2 rings (SSSR count). The van der Waals surface area contributed by atoms with Crippen molar-refractivity contribution in [1.82, 2.24) is 9.78 Å². The van der Waals surface area contributed by atoms with Crippen LogP contribution in [0.25, 0.3) is 5.69 Å². The van der Waals surface area contributed by atoms with Crippen LogP contribution in [0, 0.1) is 10.6 Å². The van der Waals surface area contributed by atoms with E-state index in [9.17, 15) is 4.79 Å². The van der Waals surface area contributed by atoms with Crippen LogP contribution in [0.5, 0.6) is 0 Å². The van der Waals surface area contributed by atoms with Gasteiger partial charge in [0.1, 0.15) is 9.26 Å². The molecule has 0 fully saturated rings. The molecule has 0 aliphatic heterocycles. The highest BCUT2D eigenvalue weighted by Crippen LogP contribution is 2.19. The number of nitrogens with zero attached hydrogens (tertiary/aromatic N) is 2. The van der Waals surface area contributed by atoms with Crippen molar-refractivity contribution in [2.24, 2.45) is 0 Å². The molecular weight excluding hydrogens is 319 g/mol. The third-order valence-corrected chi connectivity index (χ3v) is 3.32. The highest BCUT2D eigenvalue weighted by molar-refractivity contribution is 14.1. The molecule has 0 radical (unpaired) electrons. The Morgan fingerprint density at radius 1 is 1.44 bits per heavy atom. The van der Waals surface area contributed by atoms with Gasteiger partial charge in [-0.1, -0.05) is 18.2 Å². The van der Waals surface area contributed by atoms with Crippen LogP contribution in [-0.2, 0) is 0 Å². The summed E-state index contributed by atoms with van der Waals surface area (Å²) in [7, 11) is 0. The first-order valence-electron chi connectivity index (χ1n) is 4.64. The number of carboxylic acid groups (broad SMARTS) is 1. The topological polar surface area (TPSA) is 55.1 Å². The molecule has 0 amide bonds. The SMILES string of the molecule is Cc1ccccc1-n1ncc(C(=O)O)c1I. The van der Waals surface area contributed by atoms with E-state index in [0.29, 0.717) is 3.70 Å². The van der Waals surface area contributed by atoms with E-state index >= 15 is 0 Å². The first-order chi connectivity index (χ1) is 7.61. The fourth-order valence-electron chi connectivity index (χ4n) is 1.45. The zero-order valence-corrected chi connectivity index (χ0v) is 10.7. The fraction of sp³-hybridized carbons (Fsp3) is 0.0909. The molecule has 2 aromatic rings.